The molecular formula is C23H19N11. The average Bonchev–Trinajstić information content (AvgIpc) is 2.81. The van der Waals surface area contributed by atoms with E-state index in [2.05, 4.69) is 30.4 Å². The van der Waals surface area contributed by atoms with E-state index in [1.54, 1.807) is 24.3 Å². The van der Waals surface area contributed by atoms with E-state index in [1.165, 1.54) is 0 Å². The van der Waals surface area contributed by atoms with Crippen LogP contribution in [0.15, 0.2) is 87.2 Å². The Morgan fingerprint density at radius 2 is 0.941 bits per heavy atom. The fourth-order valence-corrected chi connectivity index (χ4v) is 3.28. The van der Waals surface area contributed by atoms with Crippen molar-refractivity contribution in [2.75, 3.05) is 22.9 Å². The Bertz CT molecular complexity index is 1490. The number of azo groups is 2. The second-order valence-electron chi connectivity index (χ2n) is 7.42. The number of nitrogens with two attached hydrogens (primary N) is 4. The lowest BCUT2D eigenvalue weighted by Crippen LogP contribution is -1.95. The van der Waals surface area contributed by atoms with Gasteiger partial charge in [0.15, 0.2) is 11.6 Å². The smallest absolute Gasteiger partial charge is 0.153 e. The van der Waals surface area contributed by atoms with Crippen molar-refractivity contribution in [2.24, 2.45) is 20.5 Å². The third-order valence-electron chi connectivity index (χ3n) is 4.97. The summed E-state index contributed by atoms with van der Waals surface area (Å²) in [5, 5.41) is 18.8. The Hall–Kier alpha value is -5.19. The predicted molar refractivity (Wildman–Crippen MR) is 134 cm³/mol. The molecule has 0 unspecified atom stereocenters. The van der Waals surface area contributed by atoms with Gasteiger partial charge in [0.05, 0.1) is 22.4 Å². The molecule has 166 valence electrons. The molecule has 0 amide bonds. The van der Waals surface area contributed by atoms with Gasteiger partial charge in [0, 0.05) is 10.8 Å². The molecule has 34 heavy (non-hydrogen) atoms. The molecule has 0 aliphatic heterocycles. The van der Waals surface area contributed by atoms with Crippen molar-refractivity contribution in [1.29, 1.82) is 0 Å². The normalized spacial score (nSPS) is 11.8. The van der Waals surface area contributed by atoms with Crippen LogP contribution >= 0.6 is 0 Å². The zero-order chi connectivity index (χ0) is 23.7. The van der Waals surface area contributed by atoms with Gasteiger partial charge in [-0.15, -0.1) is 10.2 Å². The van der Waals surface area contributed by atoms with Gasteiger partial charge in [0.25, 0.3) is 0 Å². The molecular weight excluding hydrogens is 430 g/mol. The fraction of sp³-hybridized carbons (Fsp3) is 0. The maximum Gasteiger partial charge on any atom is 0.153 e. The van der Waals surface area contributed by atoms with Crippen LogP contribution in [0.1, 0.15) is 0 Å². The molecule has 0 bridgehead atoms. The third kappa shape index (κ3) is 4.25. The zero-order valence-corrected chi connectivity index (χ0v) is 17.8. The number of benzene rings is 2. The molecule has 0 saturated heterocycles. The van der Waals surface area contributed by atoms with Gasteiger partial charge in [-0.2, -0.15) is 10.2 Å². The number of aromatic nitrogens is 3. The summed E-state index contributed by atoms with van der Waals surface area (Å²) in [6.07, 6.45) is 0. The van der Waals surface area contributed by atoms with Gasteiger partial charge in [-0.1, -0.05) is 12.1 Å². The number of hydrogen-bond donors (Lipinski definition) is 4. The molecule has 0 atom stereocenters. The quantitative estimate of drug-likeness (QED) is 0.210. The van der Waals surface area contributed by atoms with Gasteiger partial charge in [0.2, 0.25) is 0 Å². The van der Waals surface area contributed by atoms with Crippen LogP contribution in [0.3, 0.4) is 0 Å². The summed E-state index contributed by atoms with van der Waals surface area (Å²) in [7, 11) is 0. The fourth-order valence-electron chi connectivity index (χ4n) is 3.28. The molecule has 0 fully saturated rings. The van der Waals surface area contributed by atoms with Gasteiger partial charge in [0.1, 0.15) is 23.0 Å². The lowest BCUT2D eigenvalue weighted by molar-refractivity contribution is 1.21. The lowest BCUT2D eigenvalue weighted by Gasteiger charge is -2.04. The van der Waals surface area contributed by atoms with Crippen LogP contribution in [0.2, 0.25) is 0 Å². The topological polar surface area (TPSA) is 192 Å². The highest BCUT2D eigenvalue weighted by molar-refractivity contribution is 5.94. The zero-order valence-electron chi connectivity index (χ0n) is 17.8. The first kappa shape index (κ1) is 20.7. The maximum absolute atomic E-state index is 5.84. The van der Waals surface area contributed by atoms with Crippen molar-refractivity contribution >= 4 is 67.8 Å². The van der Waals surface area contributed by atoms with Crippen LogP contribution in [0, 0.1) is 0 Å². The second kappa shape index (κ2) is 8.39. The van der Waals surface area contributed by atoms with Gasteiger partial charge < -0.3 is 22.9 Å². The number of pyridine rings is 3. The molecule has 0 radical (unpaired) electrons. The minimum atomic E-state index is 0.215. The van der Waals surface area contributed by atoms with E-state index in [0.29, 0.717) is 34.4 Å². The van der Waals surface area contributed by atoms with Crippen LogP contribution in [-0.4, -0.2) is 15.0 Å². The SMILES string of the molecule is Nc1ccc(N=Nc2ccc3cc4ccc(N=Nc5ccc(N)nc5N)cc4nc3c2)c(N)n1. The largest absolute Gasteiger partial charge is 0.384 e. The van der Waals surface area contributed by atoms with E-state index in [4.69, 9.17) is 27.9 Å². The van der Waals surface area contributed by atoms with Crippen LogP contribution in [-0.2, 0) is 0 Å². The monoisotopic (exact) mass is 449 g/mol. The highest BCUT2D eigenvalue weighted by Gasteiger charge is 2.05. The number of rotatable bonds is 4. The van der Waals surface area contributed by atoms with E-state index < -0.39 is 0 Å². The highest BCUT2D eigenvalue weighted by Crippen LogP contribution is 2.29. The molecule has 0 spiro atoms. The van der Waals surface area contributed by atoms with E-state index in [9.17, 15) is 0 Å². The van der Waals surface area contributed by atoms with Crippen molar-refractivity contribution in [1.82, 2.24) is 15.0 Å². The molecule has 8 N–H and O–H groups in total. The summed E-state index contributed by atoms with van der Waals surface area (Å²) in [5.74, 6) is 1.08. The van der Waals surface area contributed by atoms with Gasteiger partial charge >= 0.3 is 0 Å². The van der Waals surface area contributed by atoms with Crippen molar-refractivity contribution in [3.05, 3.63) is 66.7 Å². The van der Waals surface area contributed by atoms with E-state index >= 15 is 0 Å². The van der Waals surface area contributed by atoms with Crippen LogP contribution < -0.4 is 22.9 Å². The summed E-state index contributed by atoms with van der Waals surface area (Å²) in [4.78, 5) is 12.7. The molecule has 11 nitrogen and oxygen atoms in total. The summed E-state index contributed by atoms with van der Waals surface area (Å²) < 4.78 is 0. The number of anilines is 4. The second-order valence-corrected chi connectivity index (χ2v) is 7.42. The Labute approximate surface area is 193 Å². The Morgan fingerprint density at radius 3 is 1.38 bits per heavy atom. The Balaban J connectivity index is 1.46. The number of nitrogens with zero attached hydrogens (tertiary/aromatic N) is 7. The molecule has 11 heteroatoms. The first-order valence-corrected chi connectivity index (χ1v) is 10.2. The molecule has 3 aromatic heterocycles. The maximum atomic E-state index is 5.84. The first-order valence-electron chi connectivity index (χ1n) is 10.2. The summed E-state index contributed by atoms with van der Waals surface area (Å²) in [6.45, 7) is 0. The molecule has 5 aromatic rings. The molecule has 5 rings (SSSR count). The minimum Gasteiger partial charge on any atom is -0.384 e. The van der Waals surface area contributed by atoms with Crippen LogP contribution in [0.4, 0.5) is 46.0 Å². The number of nitrogen functional groups attached to an aromatic ring is 4. The van der Waals surface area contributed by atoms with Crippen molar-refractivity contribution < 1.29 is 0 Å². The summed E-state index contributed by atoms with van der Waals surface area (Å²) in [6, 6.07) is 19.9. The predicted octanol–water partition coefficient (Wildman–Crippen LogP) is 5.34. The van der Waals surface area contributed by atoms with Crippen molar-refractivity contribution in [3.63, 3.8) is 0 Å². The average molecular weight is 449 g/mol. The lowest BCUT2D eigenvalue weighted by atomic mass is 10.1. The van der Waals surface area contributed by atoms with E-state index in [1.807, 2.05) is 42.5 Å². The van der Waals surface area contributed by atoms with Crippen LogP contribution in [0.5, 0.6) is 0 Å². The molecule has 3 heterocycles. The van der Waals surface area contributed by atoms with E-state index in [-0.39, 0.29) is 11.6 Å². The third-order valence-corrected chi connectivity index (χ3v) is 4.97. The molecule has 0 aliphatic carbocycles. The Kier molecular flexibility index (Phi) is 5.11. The number of hydrogen-bond acceptors (Lipinski definition) is 11. The molecule has 0 saturated carbocycles. The van der Waals surface area contributed by atoms with Crippen molar-refractivity contribution in [2.45, 2.75) is 0 Å². The standard InChI is InChI=1S/C23H19N11/c24-20-7-5-16(22(26)29-20)33-31-14-3-1-12-9-13-2-4-15(11-19(13)28-18(12)10-14)32-34-17-6-8-21(25)30-23(17)27/h1-11H,(H4,24,26,29)(H4,25,27,30). The first-order chi connectivity index (χ1) is 16.4. The molecule has 0 aliphatic rings. The summed E-state index contributed by atoms with van der Waals surface area (Å²) >= 11 is 0. The summed E-state index contributed by atoms with van der Waals surface area (Å²) in [5.41, 5.74) is 26.5. The van der Waals surface area contributed by atoms with Gasteiger partial charge in [-0.05, 0) is 54.6 Å². The van der Waals surface area contributed by atoms with Crippen LogP contribution in [0.25, 0.3) is 21.8 Å². The number of fused-ring (bicyclic) bond motifs is 2. The molecule has 2 aromatic carbocycles. The van der Waals surface area contributed by atoms with E-state index in [0.717, 1.165) is 21.8 Å². The van der Waals surface area contributed by atoms with Gasteiger partial charge in [-0.25, -0.2) is 15.0 Å². The van der Waals surface area contributed by atoms with Gasteiger partial charge in [-0.3, -0.25) is 0 Å². The van der Waals surface area contributed by atoms with Crippen molar-refractivity contribution in [3.8, 4) is 0 Å². The minimum absolute atomic E-state index is 0.215. The Morgan fingerprint density at radius 1 is 0.471 bits per heavy atom. The highest BCUT2D eigenvalue weighted by atomic mass is 15.1.